The van der Waals surface area contributed by atoms with Crippen LogP contribution < -0.4 is 0 Å². The number of hydrogen-bond donors (Lipinski definition) is 1. The number of carbonyl (C=O) groups excluding carboxylic acids is 1. The van der Waals surface area contributed by atoms with Gasteiger partial charge < -0.3 is 14.7 Å². The maximum atomic E-state index is 12.7. The van der Waals surface area contributed by atoms with Gasteiger partial charge in [0.15, 0.2) is 0 Å². The van der Waals surface area contributed by atoms with Crippen LogP contribution in [0.1, 0.15) is 22.8 Å². The maximum absolute atomic E-state index is 12.7. The smallest absolute Gasteiger partial charge is 0.257 e. The molecule has 128 valence electrons. The van der Waals surface area contributed by atoms with Crippen molar-refractivity contribution >= 4 is 5.91 Å². The molecule has 1 amide bonds. The normalized spacial score (nSPS) is 21.0. The minimum absolute atomic E-state index is 0.0658. The molecular formula is C18H23N3O3. The van der Waals surface area contributed by atoms with E-state index in [9.17, 15) is 9.90 Å². The van der Waals surface area contributed by atoms with Crippen LogP contribution in [-0.4, -0.2) is 57.6 Å². The summed E-state index contributed by atoms with van der Waals surface area (Å²) in [6, 6.07) is 9.90. The van der Waals surface area contributed by atoms with E-state index in [0.717, 1.165) is 12.1 Å². The van der Waals surface area contributed by atoms with Crippen molar-refractivity contribution < 1.29 is 14.6 Å². The van der Waals surface area contributed by atoms with Gasteiger partial charge in [-0.25, -0.2) is 0 Å². The first-order chi connectivity index (χ1) is 11.7. The predicted molar refractivity (Wildman–Crippen MR) is 89.7 cm³/mol. The highest BCUT2D eigenvalue weighted by Gasteiger charge is 2.38. The van der Waals surface area contributed by atoms with Crippen molar-refractivity contribution in [3.8, 4) is 0 Å². The van der Waals surface area contributed by atoms with Crippen LogP contribution in [0.5, 0.6) is 0 Å². The zero-order chi connectivity index (χ0) is 17.0. The zero-order valence-corrected chi connectivity index (χ0v) is 13.9. The summed E-state index contributed by atoms with van der Waals surface area (Å²) in [5.74, 6) is -0.0658. The van der Waals surface area contributed by atoms with Crippen molar-refractivity contribution in [1.29, 1.82) is 0 Å². The Bertz CT molecular complexity index is 686. The molecular weight excluding hydrogens is 306 g/mol. The highest BCUT2D eigenvalue weighted by Crippen LogP contribution is 2.24. The number of aryl methyl sites for hydroxylation is 1. The summed E-state index contributed by atoms with van der Waals surface area (Å²) in [5.41, 5.74) is 0.903. The fourth-order valence-electron chi connectivity index (χ4n) is 3.07. The molecule has 0 bridgehead atoms. The van der Waals surface area contributed by atoms with Gasteiger partial charge in [0.05, 0.1) is 31.5 Å². The standard InChI is InChI=1S/C18H23N3O3/c1-2-21-12-16(11-19-21)17(23)20-8-9-24-18(13-20,14-22)10-15-6-4-3-5-7-15/h3-7,11-12,22H,2,8-10,13-14H2,1H3/t18-/m0/s1. The second kappa shape index (κ2) is 7.15. The third-order valence-electron chi connectivity index (χ3n) is 4.40. The van der Waals surface area contributed by atoms with Crippen LogP contribution in [0.2, 0.25) is 0 Å². The van der Waals surface area contributed by atoms with E-state index in [1.54, 1.807) is 22.0 Å². The van der Waals surface area contributed by atoms with Crippen molar-refractivity contribution in [3.05, 3.63) is 53.9 Å². The third kappa shape index (κ3) is 3.49. The minimum atomic E-state index is -0.754. The summed E-state index contributed by atoms with van der Waals surface area (Å²) >= 11 is 0. The summed E-state index contributed by atoms with van der Waals surface area (Å²) in [6.45, 7) is 3.89. The van der Waals surface area contributed by atoms with Crippen molar-refractivity contribution in [2.24, 2.45) is 0 Å². The van der Waals surface area contributed by atoms with Gasteiger partial charge >= 0.3 is 0 Å². The number of rotatable bonds is 5. The molecule has 1 aromatic heterocycles. The third-order valence-corrected chi connectivity index (χ3v) is 4.40. The predicted octanol–water partition coefficient (Wildman–Crippen LogP) is 1.35. The molecule has 2 heterocycles. The second-order valence-electron chi connectivity index (χ2n) is 6.16. The lowest BCUT2D eigenvalue weighted by Gasteiger charge is -2.41. The molecule has 1 aliphatic rings. The maximum Gasteiger partial charge on any atom is 0.257 e. The van der Waals surface area contributed by atoms with Crippen LogP contribution in [0.3, 0.4) is 0 Å². The van der Waals surface area contributed by atoms with Crippen LogP contribution in [0, 0.1) is 0 Å². The molecule has 0 saturated carbocycles. The van der Waals surface area contributed by atoms with Crippen molar-refractivity contribution in [2.75, 3.05) is 26.3 Å². The van der Waals surface area contributed by atoms with E-state index < -0.39 is 5.60 Å². The molecule has 0 radical (unpaired) electrons. The van der Waals surface area contributed by atoms with Gasteiger partial charge in [-0.2, -0.15) is 5.10 Å². The van der Waals surface area contributed by atoms with E-state index in [0.29, 0.717) is 31.7 Å². The number of aliphatic hydroxyl groups is 1. The molecule has 1 aliphatic heterocycles. The van der Waals surface area contributed by atoms with E-state index in [4.69, 9.17) is 4.74 Å². The summed E-state index contributed by atoms with van der Waals surface area (Å²) in [4.78, 5) is 14.5. The van der Waals surface area contributed by atoms with Crippen LogP contribution in [0.4, 0.5) is 0 Å². The Kier molecular flexibility index (Phi) is 4.97. The van der Waals surface area contributed by atoms with Gasteiger partial charge in [-0.3, -0.25) is 9.48 Å². The molecule has 1 aromatic carbocycles. The molecule has 0 spiro atoms. The Balaban J connectivity index is 1.75. The van der Waals surface area contributed by atoms with E-state index >= 15 is 0 Å². The number of morpholine rings is 1. The average molecular weight is 329 g/mol. The molecule has 3 rings (SSSR count). The molecule has 6 heteroatoms. The summed E-state index contributed by atoms with van der Waals surface area (Å²) < 4.78 is 7.63. The summed E-state index contributed by atoms with van der Waals surface area (Å²) in [6.07, 6.45) is 3.93. The zero-order valence-electron chi connectivity index (χ0n) is 13.9. The van der Waals surface area contributed by atoms with E-state index in [2.05, 4.69) is 5.10 Å². The van der Waals surface area contributed by atoms with Crippen LogP contribution in [-0.2, 0) is 17.7 Å². The second-order valence-corrected chi connectivity index (χ2v) is 6.16. The first kappa shape index (κ1) is 16.7. The summed E-state index contributed by atoms with van der Waals surface area (Å²) in [5, 5.41) is 14.1. The van der Waals surface area contributed by atoms with Gasteiger partial charge in [-0.1, -0.05) is 30.3 Å². The van der Waals surface area contributed by atoms with Crippen molar-refractivity contribution in [3.63, 3.8) is 0 Å². The Morgan fingerprint density at radius 2 is 2.17 bits per heavy atom. The highest BCUT2D eigenvalue weighted by molar-refractivity contribution is 5.93. The topological polar surface area (TPSA) is 67.6 Å². The van der Waals surface area contributed by atoms with Crippen LogP contribution in [0.15, 0.2) is 42.7 Å². The molecule has 0 aliphatic carbocycles. The van der Waals surface area contributed by atoms with Gasteiger partial charge in [0.1, 0.15) is 5.60 Å². The van der Waals surface area contributed by atoms with Gasteiger partial charge in [-0.15, -0.1) is 0 Å². The molecule has 0 unspecified atom stereocenters. The number of ether oxygens (including phenoxy) is 1. The fraction of sp³-hybridized carbons (Fsp3) is 0.444. The Morgan fingerprint density at radius 1 is 1.38 bits per heavy atom. The number of benzene rings is 1. The van der Waals surface area contributed by atoms with E-state index in [1.165, 1.54) is 0 Å². The molecule has 1 saturated heterocycles. The first-order valence-electron chi connectivity index (χ1n) is 8.26. The molecule has 24 heavy (non-hydrogen) atoms. The number of amides is 1. The lowest BCUT2D eigenvalue weighted by Crippen LogP contribution is -2.56. The SMILES string of the molecule is CCn1cc(C(=O)N2CCO[C@@](CO)(Cc3ccccc3)C2)cn1. The molecule has 1 fully saturated rings. The average Bonchev–Trinajstić information content (AvgIpc) is 3.11. The number of aliphatic hydroxyl groups excluding tert-OH is 1. The lowest BCUT2D eigenvalue weighted by atomic mass is 9.93. The Hall–Kier alpha value is -2.18. The monoisotopic (exact) mass is 329 g/mol. The van der Waals surface area contributed by atoms with Crippen molar-refractivity contribution in [1.82, 2.24) is 14.7 Å². The fourth-order valence-corrected chi connectivity index (χ4v) is 3.07. The van der Waals surface area contributed by atoms with E-state index in [-0.39, 0.29) is 12.5 Å². The highest BCUT2D eigenvalue weighted by atomic mass is 16.5. The molecule has 6 nitrogen and oxygen atoms in total. The Morgan fingerprint density at radius 3 is 2.83 bits per heavy atom. The number of hydrogen-bond acceptors (Lipinski definition) is 4. The quantitative estimate of drug-likeness (QED) is 0.899. The van der Waals surface area contributed by atoms with Crippen molar-refractivity contribution in [2.45, 2.75) is 25.5 Å². The number of carbonyl (C=O) groups is 1. The molecule has 1 N–H and O–H groups in total. The largest absolute Gasteiger partial charge is 0.393 e. The minimum Gasteiger partial charge on any atom is -0.393 e. The van der Waals surface area contributed by atoms with Gasteiger partial charge in [0.2, 0.25) is 0 Å². The van der Waals surface area contributed by atoms with Gasteiger partial charge in [-0.05, 0) is 12.5 Å². The Labute approximate surface area is 141 Å². The van der Waals surface area contributed by atoms with Crippen LogP contribution in [0.25, 0.3) is 0 Å². The number of nitrogens with zero attached hydrogens (tertiary/aromatic N) is 3. The van der Waals surface area contributed by atoms with Gasteiger partial charge in [0.25, 0.3) is 5.91 Å². The van der Waals surface area contributed by atoms with Gasteiger partial charge in [0, 0.05) is 25.7 Å². The molecule has 2 aromatic rings. The van der Waals surface area contributed by atoms with E-state index in [1.807, 2.05) is 37.3 Å². The summed E-state index contributed by atoms with van der Waals surface area (Å²) in [7, 11) is 0. The molecule has 1 atom stereocenters. The lowest BCUT2D eigenvalue weighted by molar-refractivity contribution is -0.123. The first-order valence-corrected chi connectivity index (χ1v) is 8.26. The number of aromatic nitrogens is 2. The van der Waals surface area contributed by atoms with Crippen LogP contribution >= 0.6 is 0 Å².